The van der Waals surface area contributed by atoms with E-state index in [-0.39, 0.29) is 0 Å². The SMILES string of the molecule is CC.CN1CCCc2cc(-c3cnn(C)c3)ccc21. The Bertz CT molecular complexity index is 543. The van der Waals surface area contributed by atoms with Crippen LogP contribution >= 0.6 is 0 Å². The van der Waals surface area contributed by atoms with Crippen LogP contribution in [0.2, 0.25) is 0 Å². The molecular formula is C16H23N3. The van der Waals surface area contributed by atoms with Gasteiger partial charge in [0.1, 0.15) is 0 Å². The molecule has 1 aromatic heterocycles. The van der Waals surface area contributed by atoms with E-state index in [1.807, 2.05) is 31.8 Å². The van der Waals surface area contributed by atoms with Crippen LogP contribution < -0.4 is 4.90 Å². The minimum atomic E-state index is 1.17. The molecule has 0 spiro atoms. The van der Waals surface area contributed by atoms with Crippen molar-refractivity contribution in [3.63, 3.8) is 0 Å². The molecule has 3 rings (SSSR count). The summed E-state index contributed by atoms with van der Waals surface area (Å²) in [5.41, 5.74) is 5.31. The lowest BCUT2D eigenvalue weighted by atomic mass is 9.98. The van der Waals surface area contributed by atoms with Gasteiger partial charge in [-0.05, 0) is 36.1 Å². The Morgan fingerprint density at radius 2 is 1.89 bits per heavy atom. The number of hydrogen-bond acceptors (Lipinski definition) is 2. The number of nitrogens with zero attached hydrogens (tertiary/aromatic N) is 3. The zero-order valence-electron chi connectivity index (χ0n) is 12.3. The fourth-order valence-electron chi connectivity index (χ4n) is 2.54. The van der Waals surface area contributed by atoms with Gasteiger partial charge in [0.15, 0.2) is 0 Å². The first kappa shape index (κ1) is 13.7. The molecule has 0 amide bonds. The number of hydrogen-bond donors (Lipinski definition) is 0. The molecule has 102 valence electrons. The number of aromatic nitrogens is 2. The van der Waals surface area contributed by atoms with E-state index in [2.05, 4.69) is 41.4 Å². The number of benzene rings is 1. The zero-order chi connectivity index (χ0) is 13.8. The highest BCUT2D eigenvalue weighted by Gasteiger charge is 2.14. The van der Waals surface area contributed by atoms with Crippen molar-refractivity contribution in [2.24, 2.45) is 7.05 Å². The maximum Gasteiger partial charge on any atom is 0.0568 e. The van der Waals surface area contributed by atoms with Crippen LogP contribution in [0.25, 0.3) is 11.1 Å². The highest BCUT2D eigenvalue weighted by atomic mass is 15.2. The maximum absolute atomic E-state index is 4.23. The number of aryl methyl sites for hydroxylation is 2. The van der Waals surface area contributed by atoms with Gasteiger partial charge in [0.05, 0.1) is 6.20 Å². The number of fused-ring (bicyclic) bond motifs is 1. The highest BCUT2D eigenvalue weighted by molar-refractivity contribution is 5.68. The summed E-state index contributed by atoms with van der Waals surface area (Å²) in [7, 11) is 4.12. The Kier molecular flexibility index (Phi) is 4.25. The minimum Gasteiger partial charge on any atom is -0.374 e. The van der Waals surface area contributed by atoms with E-state index >= 15 is 0 Å². The van der Waals surface area contributed by atoms with E-state index in [0.717, 1.165) is 0 Å². The van der Waals surface area contributed by atoms with Gasteiger partial charge in [0.25, 0.3) is 0 Å². The zero-order valence-corrected chi connectivity index (χ0v) is 12.3. The Morgan fingerprint density at radius 3 is 2.58 bits per heavy atom. The summed E-state index contributed by atoms with van der Waals surface area (Å²) in [6, 6.07) is 6.73. The van der Waals surface area contributed by atoms with Crippen LogP contribution in [0.4, 0.5) is 5.69 Å². The Hall–Kier alpha value is -1.77. The summed E-state index contributed by atoms with van der Waals surface area (Å²) in [4.78, 5) is 2.34. The summed E-state index contributed by atoms with van der Waals surface area (Å²) in [5, 5.41) is 4.23. The van der Waals surface area contributed by atoms with Crippen molar-refractivity contribution in [3.05, 3.63) is 36.2 Å². The molecule has 0 saturated carbocycles. The van der Waals surface area contributed by atoms with Gasteiger partial charge >= 0.3 is 0 Å². The quantitative estimate of drug-likeness (QED) is 0.779. The van der Waals surface area contributed by atoms with Gasteiger partial charge in [-0.1, -0.05) is 19.9 Å². The number of anilines is 1. The summed E-state index contributed by atoms with van der Waals surface area (Å²) < 4.78 is 1.85. The lowest BCUT2D eigenvalue weighted by molar-refractivity contribution is 0.745. The lowest BCUT2D eigenvalue weighted by Gasteiger charge is -2.27. The summed E-state index contributed by atoms with van der Waals surface area (Å²) in [6.07, 6.45) is 6.43. The topological polar surface area (TPSA) is 21.1 Å². The molecule has 2 aromatic rings. The average Bonchev–Trinajstić information content (AvgIpc) is 2.88. The van der Waals surface area contributed by atoms with Gasteiger partial charge in [-0.15, -0.1) is 0 Å². The third-order valence-corrected chi connectivity index (χ3v) is 3.47. The Balaban J connectivity index is 0.000000637. The fraction of sp³-hybridized carbons (Fsp3) is 0.438. The van der Waals surface area contributed by atoms with Crippen molar-refractivity contribution in [3.8, 4) is 11.1 Å². The van der Waals surface area contributed by atoms with E-state index in [0.29, 0.717) is 0 Å². The third-order valence-electron chi connectivity index (χ3n) is 3.47. The molecule has 0 atom stereocenters. The van der Waals surface area contributed by atoms with Crippen molar-refractivity contribution in [2.45, 2.75) is 26.7 Å². The molecule has 19 heavy (non-hydrogen) atoms. The van der Waals surface area contributed by atoms with E-state index in [1.54, 1.807) is 0 Å². The molecule has 1 aromatic carbocycles. The van der Waals surface area contributed by atoms with Crippen LogP contribution in [-0.2, 0) is 13.5 Å². The smallest absolute Gasteiger partial charge is 0.0568 e. The molecule has 2 heterocycles. The maximum atomic E-state index is 4.23. The third kappa shape index (κ3) is 2.80. The molecule has 3 heteroatoms. The molecule has 3 nitrogen and oxygen atoms in total. The van der Waals surface area contributed by atoms with Crippen LogP contribution in [0.1, 0.15) is 25.8 Å². The van der Waals surface area contributed by atoms with Gasteiger partial charge < -0.3 is 4.90 Å². The van der Waals surface area contributed by atoms with E-state index in [4.69, 9.17) is 0 Å². The monoisotopic (exact) mass is 257 g/mol. The van der Waals surface area contributed by atoms with Crippen LogP contribution in [0.15, 0.2) is 30.6 Å². The van der Waals surface area contributed by atoms with E-state index < -0.39 is 0 Å². The first-order chi connectivity index (χ1) is 9.24. The van der Waals surface area contributed by atoms with Gasteiger partial charge in [-0.3, -0.25) is 4.68 Å². The van der Waals surface area contributed by atoms with Crippen molar-refractivity contribution in [2.75, 3.05) is 18.5 Å². The van der Waals surface area contributed by atoms with Crippen molar-refractivity contribution in [1.82, 2.24) is 9.78 Å². The van der Waals surface area contributed by atoms with Crippen molar-refractivity contribution >= 4 is 5.69 Å². The van der Waals surface area contributed by atoms with Crippen LogP contribution in [0.5, 0.6) is 0 Å². The largest absolute Gasteiger partial charge is 0.374 e. The predicted octanol–water partition coefficient (Wildman–Crippen LogP) is 3.50. The Morgan fingerprint density at radius 1 is 1.11 bits per heavy atom. The Labute approximate surface area is 115 Å². The van der Waals surface area contributed by atoms with Crippen LogP contribution in [0, 0.1) is 0 Å². The first-order valence-electron chi connectivity index (χ1n) is 7.07. The van der Waals surface area contributed by atoms with Crippen molar-refractivity contribution in [1.29, 1.82) is 0 Å². The molecule has 0 fully saturated rings. The molecule has 0 unspecified atom stereocenters. The molecule has 0 radical (unpaired) electrons. The second-order valence-corrected chi connectivity index (χ2v) is 4.77. The predicted molar refractivity (Wildman–Crippen MR) is 81.6 cm³/mol. The minimum absolute atomic E-state index is 1.17. The molecule has 1 aliphatic heterocycles. The summed E-state index contributed by atoms with van der Waals surface area (Å²) >= 11 is 0. The molecule has 0 bridgehead atoms. The molecule has 0 saturated heterocycles. The van der Waals surface area contributed by atoms with Crippen molar-refractivity contribution < 1.29 is 0 Å². The first-order valence-corrected chi connectivity index (χ1v) is 7.07. The fourth-order valence-corrected chi connectivity index (χ4v) is 2.54. The standard InChI is InChI=1S/C14H17N3.C2H6/c1-16-7-3-4-12-8-11(5-6-14(12)16)13-9-15-17(2)10-13;1-2/h5-6,8-10H,3-4,7H2,1-2H3;1-2H3. The highest BCUT2D eigenvalue weighted by Crippen LogP contribution is 2.30. The lowest BCUT2D eigenvalue weighted by Crippen LogP contribution is -2.24. The van der Waals surface area contributed by atoms with Gasteiger partial charge in [-0.25, -0.2) is 0 Å². The normalized spacial score (nSPS) is 13.6. The van der Waals surface area contributed by atoms with Crippen LogP contribution in [-0.4, -0.2) is 23.4 Å². The van der Waals surface area contributed by atoms with Crippen LogP contribution in [0.3, 0.4) is 0 Å². The van der Waals surface area contributed by atoms with Gasteiger partial charge in [0, 0.05) is 38.1 Å². The van der Waals surface area contributed by atoms with Gasteiger partial charge in [-0.2, -0.15) is 5.10 Å². The van der Waals surface area contributed by atoms with E-state index in [9.17, 15) is 0 Å². The molecule has 0 aliphatic carbocycles. The molecule has 0 N–H and O–H groups in total. The molecular weight excluding hydrogens is 234 g/mol. The second-order valence-electron chi connectivity index (χ2n) is 4.77. The second kappa shape index (κ2) is 5.91. The number of rotatable bonds is 1. The van der Waals surface area contributed by atoms with Gasteiger partial charge in [0.2, 0.25) is 0 Å². The average molecular weight is 257 g/mol. The summed E-state index contributed by atoms with van der Waals surface area (Å²) in [6.45, 7) is 5.17. The summed E-state index contributed by atoms with van der Waals surface area (Å²) in [5.74, 6) is 0. The molecule has 1 aliphatic rings. The van der Waals surface area contributed by atoms with E-state index in [1.165, 1.54) is 41.8 Å².